The largest absolute Gasteiger partial charge is 0.463 e. The van der Waals surface area contributed by atoms with Crippen molar-refractivity contribution in [2.24, 2.45) is 11.8 Å². The number of fused-ring (bicyclic) bond motifs is 1. The van der Waals surface area contributed by atoms with Crippen molar-refractivity contribution in [2.45, 2.75) is 150 Å². The van der Waals surface area contributed by atoms with Crippen molar-refractivity contribution in [3.8, 4) is 0 Å². The van der Waals surface area contributed by atoms with E-state index in [0.29, 0.717) is 32.1 Å². The van der Waals surface area contributed by atoms with Crippen molar-refractivity contribution in [1.29, 1.82) is 0 Å². The van der Waals surface area contributed by atoms with Gasteiger partial charge >= 0.3 is 5.97 Å². The van der Waals surface area contributed by atoms with E-state index in [-0.39, 0.29) is 25.4 Å². The Bertz CT molecular complexity index is 963. The summed E-state index contributed by atoms with van der Waals surface area (Å²) < 4.78 is 33.9. The van der Waals surface area contributed by atoms with E-state index >= 15 is 0 Å². The Morgan fingerprint density at radius 2 is 1.29 bits per heavy atom. The first kappa shape index (κ1) is 35.2. The predicted octanol–water partition coefficient (Wildman–Crippen LogP) is -4.08. The summed E-state index contributed by atoms with van der Waals surface area (Å²) in [4.78, 5) is 11.3. The van der Waals surface area contributed by atoms with Gasteiger partial charge in [-0.3, -0.25) is 4.79 Å². The molecule has 3 heterocycles. The van der Waals surface area contributed by atoms with E-state index in [0.717, 1.165) is 0 Å². The van der Waals surface area contributed by atoms with Crippen molar-refractivity contribution in [3.63, 3.8) is 0 Å². The molecule has 0 spiro atoms. The molecule has 3 aliphatic heterocycles. The minimum atomic E-state index is -1.67. The first-order valence-corrected chi connectivity index (χ1v) is 15.9. The van der Waals surface area contributed by atoms with Crippen LogP contribution in [0.1, 0.15) is 51.9 Å². The quantitative estimate of drug-likeness (QED) is 0.0891. The van der Waals surface area contributed by atoms with Crippen LogP contribution in [0, 0.1) is 11.8 Å². The summed E-state index contributed by atoms with van der Waals surface area (Å²) in [5, 5.41) is 93.5. The van der Waals surface area contributed by atoms with Crippen LogP contribution in [0.5, 0.6) is 0 Å². The first-order chi connectivity index (χ1) is 21.4. The van der Waals surface area contributed by atoms with E-state index in [1.54, 1.807) is 0 Å². The van der Waals surface area contributed by atoms with E-state index in [9.17, 15) is 50.8 Å². The number of carbonyl (C=O) groups is 1. The molecule has 45 heavy (non-hydrogen) atoms. The number of hydrogen-bond donors (Lipinski definition) is 9. The zero-order chi connectivity index (χ0) is 32.6. The molecule has 16 atom stereocenters. The monoisotopic (exact) mass is 653 g/mol. The van der Waals surface area contributed by atoms with Crippen LogP contribution in [0.3, 0.4) is 0 Å². The Morgan fingerprint density at radius 1 is 0.711 bits per heavy atom. The van der Waals surface area contributed by atoms with Crippen LogP contribution in [-0.2, 0) is 28.5 Å². The highest BCUT2D eigenvalue weighted by atomic mass is 16.7. The van der Waals surface area contributed by atoms with Gasteiger partial charge in [0.15, 0.2) is 24.8 Å². The van der Waals surface area contributed by atoms with Crippen LogP contribution in [0.25, 0.3) is 0 Å². The molecule has 2 saturated carbocycles. The Labute approximate surface area is 260 Å². The fourth-order valence-corrected chi connectivity index (χ4v) is 7.50. The van der Waals surface area contributed by atoms with Crippen molar-refractivity contribution in [1.82, 2.24) is 0 Å². The number of carbonyl (C=O) groups excluding carboxylic acids is 1. The Balaban J connectivity index is 1.35. The SMILES string of the molecule is CC(=O)OC[C@H]1O[C@@H](OC2CC(O)CC3[OH+]C(C4CCC(O)CC4)C(O[C@@H]4O[C@H](CO)[C@@H](O)[C@H](O)[C@H]4O)CC23)[C@H](O)[C@@H](O)[C@@H]1O. The summed E-state index contributed by atoms with van der Waals surface area (Å²) in [5.41, 5.74) is 0. The van der Waals surface area contributed by atoms with Gasteiger partial charge in [0.1, 0.15) is 61.5 Å². The van der Waals surface area contributed by atoms with Gasteiger partial charge in [0, 0.05) is 25.7 Å². The van der Waals surface area contributed by atoms with Gasteiger partial charge in [-0.2, -0.15) is 0 Å². The molecule has 0 aromatic heterocycles. The molecule has 3 saturated heterocycles. The number of esters is 1. The van der Waals surface area contributed by atoms with Crippen molar-refractivity contribution >= 4 is 5.97 Å². The molecule has 5 fully saturated rings. The third-order valence-electron chi connectivity index (χ3n) is 10.0. The number of aliphatic hydroxyl groups is 11. The van der Waals surface area contributed by atoms with E-state index in [4.69, 9.17) is 28.4 Å². The molecule has 0 amide bonds. The topological polar surface area (TPSA) is 258 Å². The van der Waals surface area contributed by atoms with Crippen molar-refractivity contribution in [3.05, 3.63) is 0 Å². The average molecular weight is 654 g/mol. The molecule has 16 nitrogen and oxygen atoms in total. The zero-order valence-electron chi connectivity index (χ0n) is 25.2. The predicted molar refractivity (Wildman–Crippen MR) is 148 cm³/mol. The maximum absolute atomic E-state index is 11.3. The summed E-state index contributed by atoms with van der Waals surface area (Å²) in [7, 11) is 0. The summed E-state index contributed by atoms with van der Waals surface area (Å²) in [6.45, 7) is 0.169. The van der Waals surface area contributed by atoms with Gasteiger partial charge in [-0.1, -0.05) is 0 Å². The van der Waals surface area contributed by atoms with E-state index in [1.807, 2.05) is 0 Å². The van der Waals surface area contributed by atoms with Gasteiger partial charge in [0.25, 0.3) is 0 Å². The normalized spacial score (nSPS) is 50.9. The maximum Gasteiger partial charge on any atom is 0.302 e. The highest BCUT2D eigenvalue weighted by Gasteiger charge is 2.56. The minimum absolute atomic E-state index is 0.00448. The Morgan fingerprint density at radius 3 is 1.89 bits per heavy atom. The smallest absolute Gasteiger partial charge is 0.302 e. The molecule has 5 aliphatic rings. The van der Waals surface area contributed by atoms with Crippen LogP contribution in [0.15, 0.2) is 0 Å². The zero-order valence-corrected chi connectivity index (χ0v) is 25.2. The molecule has 0 radical (unpaired) electrons. The maximum atomic E-state index is 11.3. The second kappa shape index (κ2) is 15.0. The summed E-state index contributed by atoms with van der Waals surface area (Å²) in [5.74, 6) is -1.02. The molecule has 16 heteroatoms. The molecular formula is C29H49O16+. The molecule has 6 unspecified atom stereocenters. The number of aliphatic hydroxyl groups excluding tert-OH is 9. The second-order valence-electron chi connectivity index (χ2n) is 13.2. The number of hydrogen-bond acceptors (Lipinski definition) is 15. The molecule has 10 N–H and O–H groups in total. The molecule has 5 rings (SSSR count). The molecule has 0 bridgehead atoms. The van der Waals surface area contributed by atoms with Gasteiger partial charge in [-0.15, -0.1) is 0 Å². The Kier molecular flexibility index (Phi) is 11.7. The van der Waals surface area contributed by atoms with E-state index in [2.05, 4.69) is 0 Å². The fourth-order valence-electron chi connectivity index (χ4n) is 7.50. The number of rotatable bonds is 8. The summed E-state index contributed by atoms with van der Waals surface area (Å²) in [6.07, 6.45) is -15.2. The highest BCUT2D eigenvalue weighted by Crippen LogP contribution is 2.43. The standard InChI is InChI=1S/C29H48O16/c1-11(31)40-10-20-22(35)24(37)26(39)28(45-20)42-17-7-14(33)6-16-15(17)8-18(27(41-16)12-2-4-13(32)5-3-12)43-29-25(38)23(36)21(34)19(9-30)44-29/h12-30,32-39H,2-10H2,1H3/p+1/t12?,13?,14?,15?,16?,17?,18?,19-,20-,21-,22-,23+,24+,25-,26-,27?,28-,29-/m1/s1. The van der Waals surface area contributed by atoms with Gasteiger partial charge in [-0.05, 0) is 32.1 Å². The Hall–Kier alpha value is -1.09. The summed E-state index contributed by atoms with van der Waals surface area (Å²) >= 11 is 0. The van der Waals surface area contributed by atoms with Crippen molar-refractivity contribution < 1.29 is 79.2 Å². The van der Waals surface area contributed by atoms with Crippen LogP contribution < -0.4 is 0 Å². The summed E-state index contributed by atoms with van der Waals surface area (Å²) in [6, 6.07) is 0. The lowest BCUT2D eigenvalue weighted by molar-refractivity contribution is -0.366. The second-order valence-corrected chi connectivity index (χ2v) is 13.2. The van der Waals surface area contributed by atoms with E-state index in [1.165, 1.54) is 6.92 Å². The van der Waals surface area contributed by atoms with E-state index < -0.39 is 117 Å². The van der Waals surface area contributed by atoms with Crippen molar-refractivity contribution in [2.75, 3.05) is 13.2 Å². The van der Waals surface area contributed by atoms with Crippen LogP contribution in [-0.4, -0.2) is 168 Å². The third-order valence-corrected chi connectivity index (χ3v) is 10.0. The minimum Gasteiger partial charge on any atom is -0.463 e. The van der Waals surface area contributed by atoms with Crippen LogP contribution in [0.2, 0.25) is 0 Å². The molecule has 0 aromatic carbocycles. The molecule has 0 aromatic rings. The van der Waals surface area contributed by atoms with Crippen LogP contribution >= 0.6 is 0 Å². The first-order valence-electron chi connectivity index (χ1n) is 15.9. The van der Waals surface area contributed by atoms with Gasteiger partial charge in [0.05, 0.1) is 30.8 Å². The fraction of sp³-hybridized carbons (Fsp3) is 0.966. The third kappa shape index (κ3) is 7.81. The lowest BCUT2D eigenvalue weighted by atomic mass is 9.73. The molecule has 2 aliphatic carbocycles. The molecule has 260 valence electrons. The number of ether oxygens (including phenoxy) is 6. The van der Waals surface area contributed by atoms with Gasteiger partial charge in [0.2, 0.25) is 0 Å². The lowest BCUT2D eigenvalue weighted by Gasteiger charge is -2.50. The van der Waals surface area contributed by atoms with Crippen LogP contribution in [0.4, 0.5) is 0 Å². The average Bonchev–Trinajstić information content (AvgIpc) is 3.01. The van der Waals surface area contributed by atoms with Gasteiger partial charge < -0.3 is 74.4 Å². The van der Waals surface area contributed by atoms with Gasteiger partial charge in [-0.25, -0.2) is 0 Å². The lowest BCUT2D eigenvalue weighted by Crippen LogP contribution is -2.64. The molecular weight excluding hydrogens is 604 g/mol. The highest BCUT2D eigenvalue weighted by molar-refractivity contribution is 5.65.